The first-order valence-electron chi connectivity index (χ1n) is 9.79. The van der Waals surface area contributed by atoms with Crippen LogP contribution < -0.4 is 15.4 Å². The van der Waals surface area contributed by atoms with Crippen molar-refractivity contribution in [2.75, 3.05) is 59.1 Å². The summed E-state index contributed by atoms with van der Waals surface area (Å²) in [5.74, 6) is 1.82. The van der Waals surface area contributed by atoms with Crippen LogP contribution in [0.1, 0.15) is 25.3 Å². The van der Waals surface area contributed by atoms with Gasteiger partial charge in [-0.3, -0.25) is 9.89 Å². The fraction of sp³-hybridized carbons (Fsp3) is 0.650. The number of benzene rings is 1. The van der Waals surface area contributed by atoms with Crippen molar-refractivity contribution in [3.63, 3.8) is 0 Å². The van der Waals surface area contributed by atoms with Gasteiger partial charge in [0, 0.05) is 39.1 Å². The Morgan fingerprint density at radius 3 is 2.59 bits per heavy atom. The second-order valence-electron chi connectivity index (χ2n) is 6.51. The summed E-state index contributed by atoms with van der Waals surface area (Å²) in [7, 11) is 0. The summed E-state index contributed by atoms with van der Waals surface area (Å²) in [6.07, 6.45) is 2.01. The summed E-state index contributed by atoms with van der Waals surface area (Å²) in [5, 5.41) is 6.72. The largest absolute Gasteiger partial charge is 0.494 e. The lowest BCUT2D eigenvalue weighted by atomic mass is 10.2. The molecule has 7 heteroatoms. The van der Waals surface area contributed by atoms with Crippen molar-refractivity contribution in [1.29, 1.82) is 0 Å². The Kier molecular flexibility index (Phi) is 13.3. The monoisotopic (exact) mass is 490 g/mol. The maximum atomic E-state index is 5.74. The summed E-state index contributed by atoms with van der Waals surface area (Å²) in [4.78, 5) is 7.08. The number of hydrogen-bond donors (Lipinski definition) is 2. The molecular formula is C20H35IN4O2. The van der Waals surface area contributed by atoms with Gasteiger partial charge in [0.1, 0.15) is 5.75 Å². The van der Waals surface area contributed by atoms with Gasteiger partial charge in [-0.05, 0) is 38.9 Å². The second kappa shape index (κ2) is 14.9. The number of aliphatic imine (C=N–C) groups is 1. The Balaban J connectivity index is 0.00000364. The molecule has 6 nitrogen and oxygen atoms in total. The van der Waals surface area contributed by atoms with E-state index >= 15 is 0 Å². The summed E-state index contributed by atoms with van der Waals surface area (Å²) in [6.45, 7) is 12.3. The van der Waals surface area contributed by atoms with Gasteiger partial charge in [0.2, 0.25) is 0 Å². The van der Waals surface area contributed by atoms with Crippen LogP contribution in [0.25, 0.3) is 0 Å². The molecule has 27 heavy (non-hydrogen) atoms. The van der Waals surface area contributed by atoms with Crippen LogP contribution in [0.4, 0.5) is 0 Å². The first-order chi connectivity index (χ1) is 12.8. The van der Waals surface area contributed by atoms with Gasteiger partial charge in [0.25, 0.3) is 0 Å². The predicted octanol–water partition coefficient (Wildman–Crippen LogP) is 2.66. The molecule has 0 aromatic heterocycles. The first-order valence-corrected chi connectivity index (χ1v) is 9.79. The van der Waals surface area contributed by atoms with Crippen molar-refractivity contribution in [2.24, 2.45) is 4.99 Å². The van der Waals surface area contributed by atoms with E-state index in [1.165, 1.54) is 5.56 Å². The first kappa shape index (κ1) is 24.0. The molecule has 1 aromatic carbocycles. The molecule has 154 valence electrons. The molecule has 1 heterocycles. The molecule has 1 aliphatic heterocycles. The summed E-state index contributed by atoms with van der Waals surface area (Å²) in [5.41, 5.74) is 1.25. The predicted molar refractivity (Wildman–Crippen MR) is 123 cm³/mol. The van der Waals surface area contributed by atoms with E-state index in [9.17, 15) is 0 Å². The van der Waals surface area contributed by atoms with Crippen LogP contribution in [0.5, 0.6) is 5.75 Å². The lowest BCUT2D eigenvalue weighted by molar-refractivity contribution is 0.0376. The Labute approximate surface area is 181 Å². The number of halogens is 1. The third-order valence-electron chi connectivity index (χ3n) is 4.25. The van der Waals surface area contributed by atoms with Crippen LogP contribution in [0.2, 0.25) is 0 Å². The average molecular weight is 490 g/mol. The molecule has 0 unspecified atom stereocenters. The van der Waals surface area contributed by atoms with E-state index in [0.29, 0.717) is 6.61 Å². The van der Waals surface area contributed by atoms with Crippen LogP contribution in [-0.2, 0) is 4.74 Å². The van der Waals surface area contributed by atoms with Gasteiger partial charge in [-0.2, -0.15) is 0 Å². The molecule has 1 aliphatic rings. The van der Waals surface area contributed by atoms with Gasteiger partial charge in [-0.15, -0.1) is 24.0 Å². The zero-order chi connectivity index (χ0) is 18.5. The fourth-order valence-electron chi connectivity index (χ4n) is 2.76. The van der Waals surface area contributed by atoms with E-state index in [2.05, 4.69) is 46.5 Å². The zero-order valence-electron chi connectivity index (χ0n) is 16.7. The van der Waals surface area contributed by atoms with Gasteiger partial charge in [-0.1, -0.05) is 17.7 Å². The van der Waals surface area contributed by atoms with Crippen molar-refractivity contribution in [3.05, 3.63) is 29.8 Å². The molecule has 2 N–H and O–H groups in total. The van der Waals surface area contributed by atoms with E-state index in [0.717, 1.165) is 77.0 Å². The number of rotatable bonds is 10. The highest BCUT2D eigenvalue weighted by Crippen LogP contribution is 2.11. The molecule has 0 radical (unpaired) electrons. The highest BCUT2D eigenvalue weighted by atomic mass is 127. The minimum Gasteiger partial charge on any atom is -0.494 e. The number of guanidine groups is 1. The quantitative estimate of drug-likeness (QED) is 0.229. The maximum absolute atomic E-state index is 5.74. The van der Waals surface area contributed by atoms with Gasteiger partial charge < -0.3 is 20.1 Å². The van der Waals surface area contributed by atoms with Gasteiger partial charge in [0.15, 0.2) is 5.96 Å². The van der Waals surface area contributed by atoms with Crippen LogP contribution in [0.15, 0.2) is 29.3 Å². The molecule has 2 rings (SSSR count). The topological polar surface area (TPSA) is 58.1 Å². The van der Waals surface area contributed by atoms with Crippen molar-refractivity contribution < 1.29 is 9.47 Å². The van der Waals surface area contributed by atoms with Crippen molar-refractivity contribution in [2.45, 2.75) is 26.7 Å². The van der Waals surface area contributed by atoms with Gasteiger partial charge in [0.05, 0.1) is 19.8 Å². The van der Waals surface area contributed by atoms with Crippen molar-refractivity contribution >= 4 is 29.9 Å². The summed E-state index contributed by atoms with van der Waals surface area (Å²) < 4.78 is 11.1. The second-order valence-corrected chi connectivity index (χ2v) is 6.51. The molecule has 1 aromatic rings. The molecule has 1 saturated heterocycles. The maximum Gasteiger partial charge on any atom is 0.191 e. The van der Waals surface area contributed by atoms with E-state index in [4.69, 9.17) is 9.47 Å². The third kappa shape index (κ3) is 10.8. The fourth-order valence-corrected chi connectivity index (χ4v) is 2.76. The van der Waals surface area contributed by atoms with E-state index in [1.807, 2.05) is 12.1 Å². The lowest BCUT2D eigenvalue weighted by Gasteiger charge is -2.26. The third-order valence-corrected chi connectivity index (χ3v) is 4.25. The molecular weight excluding hydrogens is 455 g/mol. The SMILES string of the molecule is CCNC(=NCCCOc1ccc(C)cc1)NCCCN1CCOCC1.I. The molecule has 0 aliphatic carbocycles. The Hall–Kier alpha value is -1.06. The van der Waals surface area contributed by atoms with Gasteiger partial charge >= 0.3 is 0 Å². The number of nitrogens with zero attached hydrogens (tertiary/aromatic N) is 2. The van der Waals surface area contributed by atoms with E-state index in [-0.39, 0.29) is 24.0 Å². The lowest BCUT2D eigenvalue weighted by Crippen LogP contribution is -2.40. The highest BCUT2D eigenvalue weighted by molar-refractivity contribution is 14.0. The van der Waals surface area contributed by atoms with Crippen LogP contribution in [-0.4, -0.2) is 69.9 Å². The molecule has 1 fully saturated rings. The zero-order valence-corrected chi connectivity index (χ0v) is 19.0. The Morgan fingerprint density at radius 1 is 1.15 bits per heavy atom. The number of morpholine rings is 1. The summed E-state index contributed by atoms with van der Waals surface area (Å²) in [6, 6.07) is 8.16. The molecule has 0 amide bonds. The van der Waals surface area contributed by atoms with Gasteiger partial charge in [-0.25, -0.2) is 0 Å². The van der Waals surface area contributed by atoms with Crippen molar-refractivity contribution in [3.8, 4) is 5.75 Å². The minimum absolute atomic E-state index is 0. The van der Waals surface area contributed by atoms with E-state index < -0.39 is 0 Å². The molecule has 0 atom stereocenters. The average Bonchev–Trinajstić information content (AvgIpc) is 2.67. The number of aryl methyl sites for hydroxylation is 1. The Bertz CT molecular complexity index is 519. The molecule has 0 bridgehead atoms. The number of nitrogens with one attached hydrogen (secondary N) is 2. The van der Waals surface area contributed by atoms with E-state index in [1.54, 1.807) is 0 Å². The normalized spacial score (nSPS) is 15.1. The highest BCUT2D eigenvalue weighted by Gasteiger charge is 2.09. The Morgan fingerprint density at radius 2 is 1.89 bits per heavy atom. The van der Waals surface area contributed by atoms with Crippen LogP contribution in [0.3, 0.4) is 0 Å². The van der Waals surface area contributed by atoms with Crippen molar-refractivity contribution in [1.82, 2.24) is 15.5 Å². The standard InChI is InChI=1S/C20H34N4O2.HI/c1-3-21-20(22-10-4-12-24-13-16-25-17-14-24)23-11-5-15-26-19-8-6-18(2)7-9-19;/h6-9H,3-5,10-17H2,1-2H3,(H2,21,22,23);1H. The number of ether oxygens (including phenoxy) is 2. The molecule has 0 saturated carbocycles. The smallest absolute Gasteiger partial charge is 0.191 e. The molecule has 0 spiro atoms. The number of hydrogen-bond acceptors (Lipinski definition) is 4. The summed E-state index contributed by atoms with van der Waals surface area (Å²) >= 11 is 0. The van der Waals surface area contributed by atoms with Crippen LogP contribution >= 0.6 is 24.0 Å². The van der Waals surface area contributed by atoms with Crippen LogP contribution in [0, 0.1) is 6.92 Å². The minimum atomic E-state index is 0.